The third-order valence-corrected chi connectivity index (χ3v) is 5.39. The zero-order chi connectivity index (χ0) is 16.7. The number of fused-ring (bicyclic) bond motifs is 2. The topological polar surface area (TPSA) is 43.9 Å². The summed E-state index contributed by atoms with van der Waals surface area (Å²) in [5.74, 6) is -0.209. The molecule has 6 heteroatoms. The Morgan fingerprint density at radius 3 is 2.58 bits per heavy atom. The molecule has 0 N–H and O–H groups in total. The zero-order valence-electron chi connectivity index (χ0n) is 13.7. The Labute approximate surface area is 141 Å². The van der Waals surface area contributed by atoms with E-state index in [1.807, 2.05) is 9.80 Å². The van der Waals surface area contributed by atoms with Crippen LogP contribution in [-0.4, -0.2) is 65.4 Å². The molecule has 3 aliphatic rings. The largest absolute Gasteiger partial charge is 0.336 e. The number of halogens is 1. The maximum atomic E-state index is 13.4. The van der Waals surface area contributed by atoms with Crippen molar-refractivity contribution in [1.82, 2.24) is 14.7 Å². The first-order chi connectivity index (χ1) is 11.6. The predicted octanol–water partition coefficient (Wildman–Crippen LogP) is 2.19. The standard InChI is InChI=1S/C18H22FN3O2/c19-15-5-3-4-14(9-15)17(23)21-10-13-8-16(12-21)22(11-13)18(24)20-6-1-2-7-20/h3-5,9,13,16H,1-2,6-8,10-12H2. The molecule has 2 atom stereocenters. The van der Waals surface area contributed by atoms with Gasteiger partial charge in [-0.25, -0.2) is 9.18 Å². The Kier molecular flexibility index (Phi) is 3.90. The molecule has 3 fully saturated rings. The van der Waals surface area contributed by atoms with Gasteiger partial charge < -0.3 is 14.7 Å². The molecular weight excluding hydrogens is 309 g/mol. The Morgan fingerprint density at radius 1 is 1.04 bits per heavy atom. The number of carbonyl (C=O) groups excluding carboxylic acids is 2. The SMILES string of the molecule is O=C(c1cccc(F)c1)N1CC2CC(C1)N(C(=O)N1CCCC1)C2. The Balaban J connectivity index is 1.46. The van der Waals surface area contributed by atoms with Gasteiger partial charge in [0.05, 0.1) is 6.04 Å². The first kappa shape index (κ1) is 15.4. The van der Waals surface area contributed by atoms with E-state index in [1.165, 1.54) is 12.1 Å². The lowest BCUT2D eigenvalue weighted by Crippen LogP contribution is -2.49. The molecule has 3 heterocycles. The first-order valence-electron chi connectivity index (χ1n) is 8.72. The Morgan fingerprint density at radius 2 is 1.83 bits per heavy atom. The summed E-state index contributed by atoms with van der Waals surface area (Å²) in [6, 6.07) is 6.05. The quantitative estimate of drug-likeness (QED) is 0.792. The van der Waals surface area contributed by atoms with Gasteiger partial charge in [-0.1, -0.05) is 6.07 Å². The molecular formula is C18H22FN3O2. The molecule has 3 amide bonds. The molecule has 5 nitrogen and oxygen atoms in total. The molecule has 128 valence electrons. The maximum Gasteiger partial charge on any atom is 0.320 e. The highest BCUT2D eigenvalue weighted by atomic mass is 19.1. The highest BCUT2D eigenvalue weighted by molar-refractivity contribution is 5.94. The number of likely N-dealkylation sites (tertiary alicyclic amines) is 3. The second-order valence-corrected chi connectivity index (χ2v) is 7.11. The normalized spacial score (nSPS) is 26.1. The molecule has 1 aromatic rings. The van der Waals surface area contributed by atoms with Crippen LogP contribution in [0, 0.1) is 11.7 Å². The number of hydrogen-bond donors (Lipinski definition) is 0. The van der Waals surface area contributed by atoms with Crippen LogP contribution in [0.1, 0.15) is 29.6 Å². The maximum absolute atomic E-state index is 13.4. The lowest BCUT2D eigenvalue weighted by Gasteiger charge is -2.34. The number of carbonyl (C=O) groups is 2. The van der Waals surface area contributed by atoms with E-state index in [0.717, 1.165) is 38.9 Å². The van der Waals surface area contributed by atoms with Crippen molar-refractivity contribution in [2.45, 2.75) is 25.3 Å². The summed E-state index contributed by atoms with van der Waals surface area (Å²) in [5, 5.41) is 0. The molecule has 24 heavy (non-hydrogen) atoms. The van der Waals surface area contributed by atoms with Crippen molar-refractivity contribution in [2.24, 2.45) is 5.92 Å². The monoisotopic (exact) mass is 331 g/mol. The van der Waals surface area contributed by atoms with E-state index < -0.39 is 5.82 Å². The van der Waals surface area contributed by atoms with Gasteiger partial charge in [0.1, 0.15) is 5.82 Å². The smallest absolute Gasteiger partial charge is 0.320 e. The fourth-order valence-corrected chi connectivity index (χ4v) is 4.25. The van der Waals surface area contributed by atoms with Crippen molar-refractivity contribution in [3.8, 4) is 0 Å². The lowest BCUT2D eigenvalue weighted by molar-refractivity contribution is 0.0670. The number of nitrogens with zero attached hydrogens (tertiary/aromatic N) is 3. The van der Waals surface area contributed by atoms with Gasteiger partial charge in [0, 0.05) is 38.3 Å². The third-order valence-electron chi connectivity index (χ3n) is 5.39. The molecule has 3 aliphatic heterocycles. The van der Waals surface area contributed by atoms with Crippen molar-refractivity contribution in [3.63, 3.8) is 0 Å². The average Bonchev–Trinajstić information content (AvgIpc) is 3.21. The molecule has 4 rings (SSSR count). The van der Waals surface area contributed by atoms with Gasteiger partial charge in [-0.2, -0.15) is 0 Å². The van der Waals surface area contributed by atoms with Crippen LogP contribution in [0.2, 0.25) is 0 Å². The molecule has 3 saturated heterocycles. The minimum Gasteiger partial charge on any atom is -0.336 e. The molecule has 2 bridgehead atoms. The number of benzene rings is 1. The van der Waals surface area contributed by atoms with Gasteiger partial charge in [-0.15, -0.1) is 0 Å². The molecule has 0 saturated carbocycles. The number of amides is 3. The van der Waals surface area contributed by atoms with E-state index in [-0.39, 0.29) is 18.0 Å². The number of rotatable bonds is 1. The summed E-state index contributed by atoms with van der Waals surface area (Å²) in [7, 11) is 0. The van der Waals surface area contributed by atoms with Crippen molar-refractivity contribution < 1.29 is 14.0 Å². The van der Waals surface area contributed by atoms with Gasteiger partial charge in [0.2, 0.25) is 0 Å². The Hall–Kier alpha value is -2.11. The van der Waals surface area contributed by atoms with Crippen LogP contribution in [0.15, 0.2) is 24.3 Å². The van der Waals surface area contributed by atoms with Crippen LogP contribution >= 0.6 is 0 Å². The minimum absolute atomic E-state index is 0.0920. The average molecular weight is 331 g/mol. The Bertz CT molecular complexity index is 659. The fourth-order valence-electron chi connectivity index (χ4n) is 4.25. The lowest BCUT2D eigenvalue weighted by atomic mass is 9.99. The van der Waals surface area contributed by atoms with Crippen molar-refractivity contribution in [3.05, 3.63) is 35.6 Å². The number of hydrogen-bond acceptors (Lipinski definition) is 2. The van der Waals surface area contributed by atoms with E-state index in [4.69, 9.17) is 0 Å². The van der Waals surface area contributed by atoms with Crippen LogP contribution < -0.4 is 0 Å². The molecule has 2 unspecified atom stereocenters. The van der Waals surface area contributed by atoms with Gasteiger partial charge in [0.15, 0.2) is 0 Å². The summed E-state index contributed by atoms with van der Waals surface area (Å²) in [6.45, 7) is 3.62. The highest BCUT2D eigenvalue weighted by Crippen LogP contribution is 2.31. The van der Waals surface area contributed by atoms with E-state index in [0.29, 0.717) is 24.6 Å². The van der Waals surface area contributed by atoms with Crippen LogP contribution in [0.5, 0.6) is 0 Å². The van der Waals surface area contributed by atoms with E-state index in [1.54, 1.807) is 17.0 Å². The van der Waals surface area contributed by atoms with E-state index >= 15 is 0 Å². The minimum atomic E-state index is -0.397. The van der Waals surface area contributed by atoms with Gasteiger partial charge in [0.25, 0.3) is 5.91 Å². The summed E-state index contributed by atoms with van der Waals surface area (Å²) in [5.41, 5.74) is 0.383. The van der Waals surface area contributed by atoms with Crippen LogP contribution in [0.4, 0.5) is 9.18 Å². The molecule has 0 spiro atoms. The van der Waals surface area contributed by atoms with Crippen LogP contribution in [-0.2, 0) is 0 Å². The summed E-state index contributed by atoms with van der Waals surface area (Å²) >= 11 is 0. The predicted molar refractivity (Wildman–Crippen MR) is 87.1 cm³/mol. The van der Waals surface area contributed by atoms with Gasteiger partial charge in [-0.3, -0.25) is 4.79 Å². The molecule has 0 radical (unpaired) electrons. The fraction of sp³-hybridized carbons (Fsp3) is 0.556. The number of piperidine rings is 1. The van der Waals surface area contributed by atoms with Crippen LogP contribution in [0.25, 0.3) is 0 Å². The molecule has 1 aromatic carbocycles. The summed E-state index contributed by atoms with van der Waals surface area (Å²) in [6.07, 6.45) is 3.13. The van der Waals surface area contributed by atoms with Crippen molar-refractivity contribution in [1.29, 1.82) is 0 Å². The summed E-state index contributed by atoms with van der Waals surface area (Å²) < 4.78 is 13.4. The molecule has 0 aromatic heterocycles. The summed E-state index contributed by atoms with van der Waals surface area (Å²) in [4.78, 5) is 31.0. The third kappa shape index (κ3) is 2.74. The van der Waals surface area contributed by atoms with Crippen LogP contribution in [0.3, 0.4) is 0 Å². The highest BCUT2D eigenvalue weighted by Gasteiger charge is 2.43. The van der Waals surface area contributed by atoms with E-state index in [2.05, 4.69) is 0 Å². The first-order valence-corrected chi connectivity index (χ1v) is 8.72. The van der Waals surface area contributed by atoms with Crippen molar-refractivity contribution >= 4 is 11.9 Å². The number of urea groups is 1. The van der Waals surface area contributed by atoms with E-state index in [9.17, 15) is 14.0 Å². The second kappa shape index (κ2) is 6.07. The van der Waals surface area contributed by atoms with Gasteiger partial charge in [-0.05, 0) is 43.4 Å². The zero-order valence-corrected chi connectivity index (χ0v) is 13.7. The second-order valence-electron chi connectivity index (χ2n) is 7.11. The van der Waals surface area contributed by atoms with Crippen molar-refractivity contribution in [2.75, 3.05) is 32.7 Å². The van der Waals surface area contributed by atoms with Gasteiger partial charge >= 0.3 is 6.03 Å². The molecule has 0 aliphatic carbocycles.